The molecular weight excluding hydrogens is 274 g/mol. The lowest BCUT2D eigenvalue weighted by molar-refractivity contribution is -0.116. The summed E-state index contributed by atoms with van der Waals surface area (Å²) in [7, 11) is 2.07. The van der Waals surface area contributed by atoms with Gasteiger partial charge in [-0.15, -0.1) is 0 Å². The highest BCUT2D eigenvalue weighted by Crippen LogP contribution is 2.34. The van der Waals surface area contributed by atoms with Crippen molar-refractivity contribution in [2.24, 2.45) is 5.92 Å². The largest absolute Gasteiger partial charge is 0.397 e. The number of rotatable bonds is 6. The number of amides is 1. The number of hydrogen-bond acceptors (Lipinski definition) is 3. The normalized spacial score (nSPS) is 16.2. The maximum absolute atomic E-state index is 12.0. The van der Waals surface area contributed by atoms with Crippen molar-refractivity contribution in [3.05, 3.63) is 23.2 Å². The maximum atomic E-state index is 12.0. The Kier molecular flexibility index (Phi) is 4.89. The molecule has 1 aliphatic carbocycles. The van der Waals surface area contributed by atoms with Gasteiger partial charge in [0.05, 0.1) is 11.4 Å². The third-order valence-electron chi connectivity index (χ3n) is 3.98. The fourth-order valence-corrected chi connectivity index (χ4v) is 2.44. The summed E-state index contributed by atoms with van der Waals surface area (Å²) in [6.45, 7) is 2.98. The van der Waals surface area contributed by atoms with Gasteiger partial charge in [0.25, 0.3) is 0 Å². The first-order chi connectivity index (χ1) is 9.47. The summed E-state index contributed by atoms with van der Waals surface area (Å²) in [5.74, 6) is 0.778. The van der Waals surface area contributed by atoms with Crippen LogP contribution in [0.15, 0.2) is 18.2 Å². The molecule has 20 heavy (non-hydrogen) atoms. The molecule has 0 aliphatic heterocycles. The zero-order valence-electron chi connectivity index (χ0n) is 12.0. The van der Waals surface area contributed by atoms with Crippen LogP contribution in [-0.2, 0) is 4.79 Å². The Morgan fingerprint density at radius 2 is 2.25 bits per heavy atom. The number of nitrogens with one attached hydrogen (secondary N) is 1. The first-order valence-corrected chi connectivity index (χ1v) is 7.40. The third-order valence-corrected chi connectivity index (χ3v) is 4.22. The van der Waals surface area contributed by atoms with Crippen molar-refractivity contribution >= 4 is 28.9 Å². The molecule has 0 heterocycles. The fraction of sp³-hybridized carbons (Fsp3) is 0.533. The van der Waals surface area contributed by atoms with E-state index in [0.29, 0.717) is 28.9 Å². The van der Waals surface area contributed by atoms with Crippen LogP contribution in [-0.4, -0.2) is 30.4 Å². The lowest BCUT2D eigenvalue weighted by atomic mass is 10.2. The van der Waals surface area contributed by atoms with E-state index in [1.54, 1.807) is 18.2 Å². The molecule has 0 saturated heterocycles. The number of nitrogens with two attached hydrogens (primary N) is 1. The van der Waals surface area contributed by atoms with Crippen molar-refractivity contribution < 1.29 is 4.79 Å². The van der Waals surface area contributed by atoms with Gasteiger partial charge in [0.2, 0.25) is 5.91 Å². The number of benzene rings is 1. The van der Waals surface area contributed by atoms with Gasteiger partial charge in [0.15, 0.2) is 0 Å². The molecule has 0 radical (unpaired) electrons. The Bertz CT molecular complexity index is 488. The second-order valence-electron chi connectivity index (χ2n) is 5.59. The molecule has 1 aromatic rings. The van der Waals surface area contributed by atoms with Gasteiger partial charge in [0.1, 0.15) is 0 Å². The Labute approximate surface area is 125 Å². The minimum Gasteiger partial charge on any atom is -0.397 e. The summed E-state index contributed by atoms with van der Waals surface area (Å²) in [5.41, 5.74) is 6.92. The van der Waals surface area contributed by atoms with Gasteiger partial charge in [-0.2, -0.15) is 0 Å². The first kappa shape index (κ1) is 15.1. The first-order valence-electron chi connectivity index (χ1n) is 7.02. The van der Waals surface area contributed by atoms with E-state index in [-0.39, 0.29) is 5.91 Å². The minimum atomic E-state index is -0.0335. The van der Waals surface area contributed by atoms with Crippen LogP contribution >= 0.6 is 11.6 Å². The van der Waals surface area contributed by atoms with Crippen LogP contribution in [0.1, 0.15) is 26.2 Å². The SMILES string of the molecule is CC(C1CC1)N(C)CCC(=O)Nc1cc(Cl)ccc1N. The number of anilines is 2. The molecule has 0 spiro atoms. The summed E-state index contributed by atoms with van der Waals surface area (Å²) >= 11 is 5.90. The molecule has 2 rings (SSSR count). The van der Waals surface area contributed by atoms with E-state index in [9.17, 15) is 4.79 Å². The van der Waals surface area contributed by atoms with Crippen molar-refractivity contribution in [3.8, 4) is 0 Å². The van der Waals surface area contributed by atoms with Crippen LogP contribution in [0.5, 0.6) is 0 Å². The molecule has 1 saturated carbocycles. The average Bonchev–Trinajstić information content (AvgIpc) is 3.23. The predicted molar refractivity (Wildman–Crippen MR) is 83.9 cm³/mol. The molecule has 0 bridgehead atoms. The topological polar surface area (TPSA) is 58.4 Å². The van der Waals surface area contributed by atoms with E-state index in [2.05, 4.69) is 24.2 Å². The average molecular weight is 296 g/mol. The van der Waals surface area contributed by atoms with Gasteiger partial charge in [-0.25, -0.2) is 0 Å². The van der Waals surface area contributed by atoms with Crippen molar-refractivity contribution in [3.63, 3.8) is 0 Å². The van der Waals surface area contributed by atoms with Crippen LogP contribution in [0.2, 0.25) is 5.02 Å². The summed E-state index contributed by atoms with van der Waals surface area (Å²) in [6, 6.07) is 5.63. The molecule has 1 aromatic carbocycles. The van der Waals surface area contributed by atoms with Gasteiger partial charge < -0.3 is 16.0 Å². The summed E-state index contributed by atoms with van der Waals surface area (Å²) in [5, 5.41) is 3.38. The van der Waals surface area contributed by atoms with Crippen molar-refractivity contribution in [2.45, 2.75) is 32.2 Å². The maximum Gasteiger partial charge on any atom is 0.225 e. The van der Waals surface area contributed by atoms with Gasteiger partial charge >= 0.3 is 0 Å². The van der Waals surface area contributed by atoms with Crippen molar-refractivity contribution in [1.29, 1.82) is 0 Å². The van der Waals surface area contributed by atoms with Crippen LogP contribution < -0.4 is 11.1 Å². The lowest BCUT2D eigenvalue weighted by Crippen LogP contribution is -2.33. The molecule has 5 heteroatoms. The number of hydrogen-bond donors (Lipinski definition) is 2. The van der Waals surface area contributed by atoms with Crippen LogP contribution in [0.25, 0.3) is 0 Å². The van der Waals surface area contributed by atoms with E-state index in [4.69, 9.17) is 17.3 Å². The second-order valence-corrected chi connectivity index (χ2v) is 6.02. The molecule has 1 unspecified atom stereocenters. The van der Waals surface area contributed by atoms with Crippen LogP contribution in [0.3, 0.4) is 0 Å². The summed E-state index contributed by atoms with van der Waals surface area (Å²) < 4.78 is 0. The zero-order chi connectivity index (χ0) is 14.7. The van der Waals surface area contributed by atoms with Crippen LogP contribution in [0.4, 0.5) is 11.4 Å². The minimum absolute atomic E-state index is 0.0335. The molecule has 4 nitrogen and oxygen atoms in total. The van der Waals surface area contributed by atoms with E-state index in [0.717, 1.165) is 12.5 Å². The monoisotopic (exact) mass is 295 g/mol. The third kappa shape index (κ3) is 4.12. The highest BCUT2D eigenvalue weighted by Gasteiger charge is 2.30. The molecule has 1 aliphatic rings. The van der Waals surface area contributed by atoms with Crippen molar-refractivity contribution in [1.82, 2.24) is 4.90 Å². The predicted octanol–water partition coefficient (Wildman–Crippen LogP) is 2.98. The highest BCUT2D eigenvalue weighted by atomic mass is 35.5. The number of nitrogens with zero attached hydrogens (tertiary/aromatic N) is 1. The second kappa shape index (κ2) is 6.46. The van der Waals surface area contributed by atoms with Gasteiger partial charge in [-0.3, -0.25) is 4.79 Å². The molecule has 1 fully saturated rings. The smallest absolute Gasteiger partial charge is 0.225 e. The molecule has 1 atom stereocenters. The summed E-state index contributed by atoms with van der Waals surface area (Å²) in [4.78, 5) is 14.2. The fourth-order valence-electron chi connectivity index (χ4n) is 2.27. The molecule has 1 amide bonds. The number of halogens is 1. The van der Waals surface area contributed by atoms with E-state index >= 15 is 0 Å². The van der Waals surface area contributed by atoms with Gasteiger partial charge in [-0.05, 0) is 50.9 Å². The zero-order valence-corrected chi connectivity index (χ0v) is 12.8. The van der Waals surface area contributed by atoms with Crippen LogP contribution in [0, 0.1) is 5.92 Å². The summed E-state index contributed by atoms with van der Waals surface area (Å²) in [6.07, 6.45) is 3.09. The Hall–Kier alpha value is -1.26. The molecule has 0 aromatic heterocycles. The van der Waals surface area contributed by atoms with Gasteiger partial charge in [-0.1, -0.05) is 11.6 Å². The highest BCUT2D eigenvalue weighted by molar-refractivity contribution is 6.31. The number of nitrogen functional groups attached to an aromatic ring is 1. The number of carbonyl (C=O) groups excluding carboxylic acids is 1. The van der Waals surface area contributed by atoms with E-state index in [1.165, 1.54) is 12.8 Å². The molecule has 110 valence electrons. The number of carbonyl (C=O) groups is 1. The Morgan fingerprint density at radius 3 is 2.90 bits per heavy atom. The van der Waals surface area contributed by atoms with Gasteiger partial charge in [0, 0.05) is 24.0 Å². The van der Waals surface area contributed by atoms with E-state index < -0.39 is 0 Å². The quantitative estimate of drug-likeness (QED) is 0.793. The standard InChI is InChI=1S/C15H22ClN3O/c1-10(11-3-4-11)19(2)8-7-15(20)18-14-9-12(16)5-6-13(14)17/h5-6,9-11H,3-4,7-8,17H2,1-2H3,(H,18,20). The molecular formula is C15H22ClN3O. The van der Waals surface area contributed by atoms with Crippen molar-refractivity contribution in [2.75, 3.05) is 24.6 Å². The Morgan fingerprint density at radius 1 is 1.55 bits per heavy atom. The Balaban J connectivity index is 1.81. The molecule has 3 N–H and O–H groups in total. The lowest BCUT2D eigenvalue weighted by Gasteiger charge is -2.24. The van der Waals surface area contributed by atoms with E-state index in [1.807, 2.05) is 0 Å².